The maximum absolute atomic E-state index is 12.3. The smallest absolute Gasteiger partial charge is 0.225 e. The summed E-state index contributed by atoms with van der Waals surface area (Å²) in [6, 6.07) is 14.5. The standard InChI is InChI=1S/C19H22N4O/c24-19(20-16-8-9-16)15-7-4-12-23(13-15)18-11-10-17(21-22-18)14-5-2-1-3-6-14/h1-3,5-6,10-11,15-16H,4,7-9,12-13H2,(H,20,24). The van der Waals surface area contributed by atoms with Crippen molar-refractivity contribution in [2.24, 2.45) is 5.92 Å². The minimum absolute atomic E-state index is 0.0648. The molecular formula is C19H22N4O. The number of aromatic nitrogens is 2. The van der Waals surface area contributed by atoms with Crippen molar-refractivity contribution in [1.29, 1.82) is 0 Å². The molecule has 2 aliphatic rings. The second kappa shape index (κ2) is 6.59. The van der Waals surface area contributed by atoms with Gasteiger partial charge in [0.25, 0.3) is 0 Å². The van der Waals surface area contributed by atoms with E-state index in [0.29, 0.717) is 6.04 Å². The van der Waals surface area contributed by atoms with Gasteiger partial charge in [-0.05, 0) is 37.8 Å². The van der Waals surface area contributed by atoms with Crippen LogP contribution in [0.2, 0.25) is 0 Å². The highest BCUT2D eigenvalue weighted by atomic mass is 16.2. The highest BCUT2D eigenvalue weighted by Crippen LogP contribution is 2.25. The SMILES string of the molecule is O=C(NC1CC1)C1CCCN(c2ccc(-c3ccccc3)nn2)C1. The van der Waals surface area contributed by atoms with Crippen LogP contribution in [0.3, 0.4) is 0 Å². The van der Waals surface area contributed by atoms with Crippen LogP contribution in [-0.4, -0.2) is 35.2 Å². The van der Waals surface area contributed by atoms with Gasteiger partial charge in [-0.2, -0.15) is 0 Å². The molecule has 1 aliphatic heterocycles. The average Bonchev–Trinajstić information content (AvgIpc) is 3.47. The van der Waals surface area contributed by atoms with Crippen molar-refractivity contribution in [3.63, 3.8) is 0 Å². The number of carbonyl (C=O) groups excluding carboxylic acids is 1. The number of hydrogen-bond donors (Lipinski definition) is 1. The highest BCUT2D eigenvalue weighted by Gasteiger charge is 2.30. The maximum atomic E-state index is 12.3. The fourth-order valence-corrected chi connectivity index (χ4v) is 3.20. The molecule has 1 unspecified atom stereocenters. The van der Waals surface area contributed by atoms with Gasteiger partial charge in [-0.25, -0.2) is 0 Å². The topological polar surface area (TPSA) is 58.1 Å². The molecule has 1 saturated heterocycles. The molecule has 5 nitrogen and oxygen atoms in total. The molecule has 1 aromatic carbocycles. The number of nitrogens with one attached hydrogen (secondary N) is 1. The predicted molar refractivity (Wildman–Crippen MR) is 93.6 cm³/mol. The van der Waals surface area contributed by atoms with Gasteiger partial charge in [0.05, 0.1) is 11.6 Å². The van der Waals surface area contributed by atoms with E-state index in [1.165, 1.54) is 0 Å². The summed E-state index contributed by atoms with van der Waals surface area (Å²) in [5, 5.41) is 11.9. The van der Waals surface area contributed by atoms with Crippen molar-refractivity contribution < 1.29 is 4.79 Å². The second-order valence-corrected chi connectivity index (χ2v) is 6.71. The first-order valence-corrected chi connectivity index (χ1v) is 8.74. The van der Waals surface area contributed by atoms with Gasteiger partial charge in [-0.1, -0.05) is 30.3 Å². The zero-order valence-electron chi connectivity index (χ0n) is 13.7. The molecule has 1 aromatic heterocycles. The number of amides is 1. The molecule has 124 valence electrons. The predicted octanol–water partition coefficient (Wildman–Crippen LogP) is 2.64. The molecule has 24 heavy (non-hydrogen) atoms. The van der Waals surface area contributed by atoms with Crippen molar-refractivity contribution in [1.82, 2.24) is 15.5 Å². The monoisotopic (exact) mass is 322 g/mol. The zero-order chi connectivity index (χ0) is 16.4. The lowest BCUT2D eigenvalue weighted by molar-refractivity contribution is -0.125. The Morgan fingerprint density at radius 2 is 1.88 bits per heavy atom. The van der Waals surface area contributed by atoms with E-state index in [2.05, 4.69) is 20.4 Å². The normalized spacial score (nSPS) is 20.7. The molecule has 2 aromatic rings. The summed E-state index contributed by atoms with van der Waals surface area (Å²) in [5.41, 5.74) is 1.94. The lowest BCUT2D eigenvalue weighted by Gasteiger charge is -2.32. The number of rotatable bonds is 4. The molecule has 1 N–H and O–H groups in total. The molecule has 1 atom stereocenters. The Morgan fingerprint density at radius 1 is 1.04 bits per heavy atom. The van der Waals surface area contributed by atoms with Crippen molar-refractivity contribution >= 4 is 11.7 Å². The largest absolute Gasteiger partial charge is 0.354 e. The van der Waals surface area contributed by atoms with Crippen LogP contribution in [-0.2, 0) is 4.79 Å². The summed E-state index contributed by atoms with van der Waals surface area (Å²) < 4.78 is 0. The quantitative estimate of drug-likeness (QED) is 0.940. The highest BCUT2D eigenvalue weighted by molar-refractivity contribution is 5.80. The van der Waals surface area contributed by atoms with Crippen molar-refractivity contribution in [3.05, 3.63) is 42.5 Å². The number of piperidine rings is 1. The van der Waals surface area contributed by atoms with Crippen LogP contribution in [0.15, 0.2) is 42.5 Å². The molecule has 0 radical (unpaired) electrons. The third kappa shape index (κ3) is 3.40. The number of benzene rings is 1. The van der Waals surface area contributed by atoms with E-state index in [9.17, 15) is 4.79 Å². The van der Waals surface area contributed by atoms with Gasteiger partial charge >= 0.3 is 0 Å². The molecule has 4 rings (SSSR count). The number of carbonyl (C=O) groups is 1. The van der Waals surface area contributed by atoms with Crippen LogP contribution < -0.4 is 10.2 Å². The van der Waals surface area contributed by atoms with Gasteiger partial charge in [-0.15, -0.1) is 10.2 Å². The van der Waals surface area contributed by atoms with Gasteiger partial charge in [-0.3, -0.25) is 4.79 Å². The van der Waals surface area contributed by atoms with Gasteiger partial charge in [0, 0.05) is 24.7 Å². The molecule has 2 heterocycles. The van der Waals surface area contributed by atoms with Gasteiger partial charge < -0.3 is 10.2 Å². The third-order valence-corrected chi connectivity index (χ3v) is 4.76. The first-order chi connectivity index (χ1) is 11.8. The first-order valence-electron chi connectivity index (χ1n) is 8.74. The number of nitrogens with zero attached hydrogens (tertiary/aromatic N) is 3. The van der Waals surface area contributed by atoms with Crippen LogP contribution >= 0.6 is 0 Å². The van der Waals surface area contributed by atoms with Gasteiger partial charge in [0.15, 0.2) is 5.82 Å². The number of anilines is 1. The van der Waals surface area contributed by atoms with E-state index in [1.807, 2.05) is 42.5 Å². The fourth-order valence-electron chi connectivity index (χ4n) is 3.20. The van der Waals surface area contributed by atoms with Crippen LogP contribution in [0, 0.1) is 5.92 Å². The van der Waals surface area contributed by atoms with E-state index >= 15 is 0 Å². The summed E-state index contributed by atoms with van der Waals surface area (Å²) in [6.45, 7) is 1.67. The Labute approximate surface area is 142 Å². The van der Waals surface area contributed by atoms with Gasteiger partial charge in [0.1, 0.15) is 0 Å². The first kappa shape index (κ1) is 15.1. The summed E-state index contributed by atoms with van der Waals surface area (Å²) in [7, 11) is 0. The van der Waals surface area contributed by atoms with Crippen molar-refractivity contribution in [2.75, 3.05) is 18.0 Å². The maximum Gasteiger partial charge on any atom is 0.225 e. The molecule has 2 fully saturated rings. The van der Waals surface area contributed by atoms with Crippen LogP contribution in [0.1, 0.15) is 25.7 Å². The van der Waals surface area contributed by atoms with E-state index in [4.69, 9.17) is 0 Å². The third-order valence-electron chi connectivity index (χ3n) is 4.76. The Balaban J connectivity index is 1.44. The minimum atomic E-state index is 0.0648. The molecule has 5 heteroatoms. The lowest BCUT2D eigenvalue weighted by atomic mass is 9.97. The molecule has 0 bridgehead atoms. The van der Waals surface area contributed by atoms with Crippen LogP contribution in [0.5, 0.6) is 0 Å². The summed E-state index contributed by atoms with van der Waals surface area (Å²) in [5.74, 6) is 1.13. The van der Waals surface area contributed by atoms with Crippen molar-refractivity contribution in [3.8, 4) is 11.3 Å². The van der Waals surface area contributed by atoms with Crippen molar-refractivity contribution in [2.45, 2.75) is 31.7 Å². The molecular weight excluding hydrogens is 300 g/mol. The van der Waals surface area contributed by atoms with Crippen LogP contribution in [0.4, 0.5) is 5.82 Å². The lowest BCUT2D eigenvalue weighted by Crippen LogP contribution is -2.44. The van der Waals surface area contributed by atoms with E-state index < -0.39 is 0 Å². The summed E-state index contributed by atoms with van der Waals surface area (Å²) in [6.07, 6.45) is 4.25. The molecule has 1 aliphatic carbocycles. The van der Waals surface area contributed by atoms with E-state index in [1.54, 1.807) is 0 Å². The second-order valence-electron chi connectivity index (χ2n) is 6.71. The van der Waals surface area contributed by atoms with E-state index in [-0.39, 0.29) is 11.8 Å². The molecule has 1 saturated carbocycles. The Bertz CT molecular complexity index is 697. The molecule has 1 amide bonds. The Hall–Kier alpha value is -2.43. The van der Waals surface area contributed by atoms with E-state index in [0.717, 1.165) is 55.8 Å². The summed E-state index contributed by atoms with van der Waals surface area (Å²) in [4.78, 5) is 14.5. The minimum Gasteiger partial charge on any atom is -0.354 e. The average molecular weight is 322 g/mol. The van der Waals surface area contributed by atoms with Crippen LogP contribution in [0.25, 0.3) is 11.3 Å². The zero-order valence-corrected chi connectivity index (χ0v) is 13.7. The van der Waals surface area contributed by atoms with Gasteiger partial charge in [0.2, 0.25) is 5.91 Å². The molecule has 0 spiro atoms. The Kier molecular flexibility index (Phi) is 4.15. The number of hydrogen-bond acceptors (Lipinski definition) is 4. The fraction of sp³-hybridized carbons (Fsp3) is 0.421. The Morgan fingerprint density at radius 3 is 2.58 bits per heavy atom. The summed E-state index contributed by atoms with van der Waals surface area (Å²) >= 11 is 0.